The van der Waals surface area contributed by atoms with E-state index in [1.807, 2.05) is 28.8 Å². The average Bonchev–Trinajstić information content (AvgIpc) is 3.07. The summed E-state index contributed by atoms with van der Waals surface area (Å²) in [5, 5.41) is 3.44. The highest BCUT2D eigenvalue weighted by molar-refractivity contribution is 6.28. The number of rotatable bonds is 4. The van der Waals surface area contributed by atoms with Gasteiger partial charge in [-0.3, -0.25) is 0 Å². The molecule has 0 radical (unpaired) electrons. The number of nitrogens with zero attached hydrogens (tertiary/aromatic N) is 6. The molecule has 3 heterocycles. The highest BCUT2D eigenvalue weighted by Crippen LogP contribution is 2.26. The van der Waals surface area contributed by atoms with E-state index in [-0.39, 0.29) is 11.3 Å². The first-order valence-electron chi connectivity index (χ1n) is 8.16. The summed E-state index contributed by atoms with van der Waals surface area (Å²) in [6.45, 7) is 4.13. The number of aromatic nitrogens is 6. The van der Waals surface area contributed by atoms with Gasteiger partial charge in [-0.25, -0.2) is 15.0 Å². The molecule has 0 bridgehead atoms. The molecule has 0 aliphatic rings. The van der Waals surface area contributed by atoms with Crippen molar-refractivity contribution in [1.29, 1.82) is 0 Å². The molecule has 1 N–H and O–H groups in total. The predicted octanol–water partition coefficient (Wildman–Crippen LogP) is 4.26. The molecule has 1 aromatic carbocycles. The van der Waals surface area contributed by atoms with Crippen LogP contribution in [0.3, 0.4) is 0 Å². The van der Waals surface area contributed by atoms with Crippen LogP contribution >= 0.6 is 11.6 Å². The number of anilines is 2. The molecule has 0 atom stereocenters. The molecule has 8 heteroatoms. The number of fused-ring (bicyclic) bond motifs is 1. The molecule has 26 heavy (non-hydrogen) atoms. The molecule has 0 aliphatic heterocycles. The molecule has 7 nitrogen and oxygen atoms in total. The van der Waals surface area contributed by atoms with E-state index in [4.69, 9.17) is 11.6 Å². The van der Waals surface area contributed by atoms with Crippen molar-refractivity contribution in [2.75, 3.05) is 5.32 Å². The number of nitrogens with one attached hydrogen (secondary N) is 1. The van der Waals surface area contributed by atoms with E-state index in [9.17, 15) is 0 Å². The second kappa shape index (κ2) is 6.68. The quantitative estimate of drug-likeness (QED) is 0.544. The SMILES string of the molecule is CC(C)n1cnc2c(Nc3ccc(-c4ncccn4)cc3)nc(Cl)nc21. The number of hydrogen-bond acceptors (Lipinski definition) is 6. The molecule has 130 valence electrons. The predicted molar refractivity (Wildman–Crippen MR) is 101 cm³/mol. The maximum atomic E-state index is 6.11. The first-order chi connectivity index (χ1) is 12.6. The summed E-state index contributed by atoms with van der Waals surface area (Å²) in [6.07, 6.45) is 5.19. The van der Waals surface area contributed by atoms with Gasteiger partial charge in [-0.1, -0.05) is 0 Å². The molecule has 0 fully saturated rings. The molecule has 0 aliphatic carbocycles. The van der Waals surface area contributed by atoms with Gasteiger partial charge in [0, 0.05) is 29.7 Å². The second-order valence-electron chi connectivity index (χ2n) is 6.03. The second-order valence-corrected chi connectivity index (χ2v) is 6.37. The largest absolute Gasteiger partial charge is 0.338 e. The molecule has 0 saturated heterocycles. The summed E-state index contributed by atoms with van der Waals surface area (Å²) in [4.78, 5) is 21.5. The van der Waals surface area contributed by atoms with Crippen LogP contribution in [0.25, 0.3) is 22.6 Å². The fraction of sp³-hybridized carbons (Fsp3) is 0.167. The van der Waals surface area contributed by atoms with Crippen molar-refractivity contribution in [1.82, 2.24) is 29.5 Å². The molecular formula is C18H16ClN7. The van der Waals surface area contributed by atoms with Gasteiger partial charge in [0.1, 0.15) is 0 Å². The van der Waals surface area contributed by atoms with Crippen LogP contribution in [0.15, 0.2) is 49.1 Å². The summed E-state index contributed by atoms with van der Waals surface area (Å²) in [7, 11) is 0. The van der Waals surface area contributed by atoms with Crippen LogP contribution < -0.4 is 5.32 Å². The smallest absolute Gasteiger partial charge is 0.226 e. The van der Waals surface area contributed by atoms with E-state index in [2.05, 4.69) is 44.1 Å². The third-order valence-electron chi connectivity index (χ3n) is 3.92. The van der Waals surface area contributed by atoms with E-state index >= 15 is 0 Å². The Morgan fingerprint density at radius 3 is 2.42 bits per heavy atom. The number of halogens is 1. The molecule has 4 rings (SSSR count). The fourth-order valence-corrected chi connectivity index (χ4v) is 2.81. The first kappa shape index (κ1) is 16.4. The Morgan fingerprint density at radius 2 is 1.73 bits per heavy atom. The zero-order chi connectivity index (χ0) is 18.1. The average molecular weight is 366 g/mol. The van der Waals surface area contributed by atoms with E-state index in [0.29, 0.717) is 22.8 Å². The third kappa shape index (κ3) is 3.09. The maximum absolute atomic E-state index is 6.11. The lowest BCUT2D eigenvalue weighted by Gasteiger charge is -2.10. The summed E-state index contributed by atoms with van der Waals surface area (Å²) >= 11 is 6.11. The Balaban J connectivity index is 1.67. The van der Waals surface area contributed by atoms with Gasteiger partial charge in [0.25, 0.3) is 0 Å². The van der Waals surface area contributed by atoms with Gasteiger partial charge >= 0.3 is 0 Å². The van der Waals surface area contributed by atoms with Gasteiger partial charge in [-0.15, -0.1) is 0 Å². The summed E-state index contributed by atoms with van der Waals surface area (Å²) in [6, 6.07) is 9.79. The minimum absolute atomic E-state index is 0.178. The summed E-state index contributed by atoms with van der Waals surface area (Å²) in [5.41, 5.74) is 3.18. The normalized spacial score (nSPS) is 11.2. The van der Waals surface area contributed by atoms with Gasteiger partial charge in [0.15, 0.2) is 22.8 Å². The number of benzene rings is 1. The van der Waals surface area contributed by atoms with Gasteiger partial charge in [0.05, 0.1) is 6.33 Å². The van der Waals surface area contributed by atoms with E-state index < -0.39 is 0 Å². The Hall–Kier alpha value is -3.06. The van der Waals surface area contributed by atoms with Crippen LogP contribution in [-0.2, 0) is 0 Å². The maximum Gasteiger partial charge on any atom is 0.226 e. The van der Waals surface area contributed by atoms with Gasteiger partial charge in [0.2, 0.25) is 5.28 Å². The van der Waals surface area contributed by atoms with Crippen LogP contribution in [0.2, 0.25) is 5.28 Å². The summed E-state index contributed by atoms with van der Waals surface area (Å²) < 4.78 is 1.96. The Morgan fingerprint density at radius 1 is 1.00 bits per heavy atom. The van der Waals surface area contributed by atoms with Crippen molar-refractivity contribution in [3.05, 3.63) is 54.3 Å². The highest BCUT2D eigenvalue weighted by Gasteiger charge is 2.14. The molecule has 0 saturated carbocycles. The Bertz CT molecular complexity index is 1040. The molecular weight excluding hydrogens is 350 g/mol. The third-order valence-corrected chi connectivity index (χ3v) is 4.09. The van der Waals surface area contributed by atoms with Crippen molar-refractivity contribution in [3.63, 3.8) is 0 Å². The molecule has 3 aromatic heterocycles. The zero-order valence-corrected chi connectivity index (χ0v) is 15.0. The first-order valence-corrected chi connectivity index (χ1v) is 8.54. The van der Waals surface area contributed by atoms with Gasteiger partial charge in [-0.05, 0) is 55.8 Å². The number of hydrogen-bond donors (Lipinski definition) is 1. The monoisotopic (exact) mass is 365 g/mol. The molecule has 0 unspecified atom stereocenters. The lowest BCUT2D eigenvalue weighted by molar-refractivity contribution is 0.612. The van der Waals surface area contributed by atoms with Crippen molar-refractivity contribution in [2.45, 2.75) is 19.9 Å². The Labute approximate surface area is 155 Å². The highest BCUT2D eigenvalue weighted by atomic mass is 35.5. The molecule has 4 aromatic rings. The van der Waals surface area contributed by atoms with Crippen LogP contribution in [0, 0.1) is 0 Å². The topological polar surface area (TPSA) is 81.4 Å². The van der Waals surface area contributed by atoms with Gasteiger partial charge < -0.3 is 9.88 Å². The minimum Gasteiger partial charge on any atom is -0.338 e. The lowest BCUT2D eigenvalue weighted by atomic mass is 10.2. The van der Waals surface area contributed by atoms with Crippen molar-refractivity contribution >= 4 is 34.3 Å². The summed E-state index contributed by atoms with van der Waals surface area (Å²) in [5.74, 6) is 1.25. The van der Waals surface area contributed by atoms with E-state index in [0.717, 1.165) is 11.3 Å². The lowest BCUT2D eigenvalue weighted by Crippen LogP contribution is -2.02. The van der Waals surface area contributed by atoms with Crippen molar-refractivity contribution in [2.24, 2.45) is 0 Å². The van der Waals surface area contributed by atoms with Gasteiger partial charge in [-0.2, -0.15) is 9.97 Å². The van der Waals surface area contributed by atoms with E-state index in [1.165, 1.54) is 0 Å². The van der Waals surface area contributed by atoms with Crippen LogP contribution in [-0.4, -0.2) is 29.5 Å². The Kier molecular flexibility index (Phi) is 4.22. The minimum atomic E-state index is 0.178. The van der Waals surface area contributed by atoms with E-state index in [1.54, 1.807) is 24.8 Å². The van der Waals surface area contributed by atoms with Crippen LogP contribution in [0.4, 0.5) is 11.5 Å². The van der Waals surface area contributed by atoms with Crippen LogP contribution in [0.1, 0.15) is 19.9 Å². The molecule has 0 spiro atoms. The van der Waals surface area contributed by atoms with Crippen molar-refractivity contribution < 1.29 is 0 Å². The number of imidazole rings is 1. The van der Waals surface area contributed by atoms with Crippen LogP contribution in [0.5, 0.6) is 0 Å². The fourth-order valence-electron chi connectivity index (χ4n) is 2.64. The standard InChI is InChI=1S/C18H16ClN7/c1-11(2)26-10-22-14-16(24-18(19)25-17(14)26)23-13-6-4-12(5-7-13)15-20-8-3-9-21-15/h3-11H,1-2H3,(H,23,24,25). The van der Waals surface area contributed by atoms with Crippen molar-refractivity contribution in [3.8, 4) is 11.4 Å². The zero-order valence-electron chi connectivity index (χ0n) is 14.3. The molecule has 0 amide bonds.